The molecule has 1 fully saturated rings. The van der Waals surface area contributed by atoms with Crippen molar-refractivity contribution in [1.29, 1.82) is 0 Å². The summed E-state index contributed by atoms with van der Waals surface area (Å²) in [6, 6.07) is 0. The molecule has 0 spiro atoms. The maximum Gasteiger partial charge on any atom is 0.310 e. The molecule has 0 amide bonds. The second-order valence-electron chi connectivity index (χ2n) is 5.12. The lowest BCUT2D eigenvalue weighted by Crippen LogP contribution is -2.40. The van der Waals surface area contributed by atoms with Gasteiger partial charge in [0.05, 0.1) is 18.3 Å². The van der Waals surface area contributed by atoms with Crippen LogP contribution in [0.5, 0.6) is 0 Å². The number of hydrogen-bond acceptors (Lipinski definition) is 6. The summed E-state index contributed by atoms with van der Waals surface area (Å²) < 4.78 is 33.4. The maximum atomic E-state index is 12.3. The Balaban J connectivity index is 1.93. The molecule has 0 bridgehead atoms. The van der Waals surface area contributed by atoms with Gasteiger partial charge in [-0.2, -0.15) is 5.10 Å². The molecule has 2 atom stereocenters. The van der Waals surface area contributed by atoms with Crippen LogP contribution < -0.4 is 4.72 Å². The fourth-order valence-corrected chi connectivity index (χ4v) is 4.39. The first-order valence-corrected chi connectivity index (χ1v) is 8.39. The van der Waals surface area contributed by atoms with Gasteiger partial charge >= 0.3 is 5.97 Å². The number of esters is 1. The van der Waals surface area contributed by atoms with E-state index >= 15 is 0 Å². The number of aryl methyl sites for hydroxylation is 1. The van der Waals surface area contributed by atoms with Gasteiger partial charge in [-0.25, -0.2) is 18.1 Å². The van der Waals surface area contributed by atoms with Crippen molar-refractivity contribution in [2.75, 3.05) is 13.7 Å². The van der Waals surface area contributed by atoms with E-state index in [4.69, 9.17) is 0 Å². The van der Waals surface area contributed by atoms with Crippen molar-refractivity contribution in [2.24, 2.45) is 13.0 Å². The number of hydrogen-bond donors (Lipinski definition) is 1. The van der Waals surface area contributed by atoms with Crippen LogP contribution in [0.2, 0.25) is 0 Å². The summed E-state index contributed by atoms with van der Waals surface area (Å²) in [6.45, 7) is 0.219. The molecule has 1 saturated carbocycles. The summed E-state index contributed by atoms with van der Waals surface area (Å²) in [4.78, 5) is 15.7. The zero-order valence-corrected chi connectivity index (χ0v) is 13.0. The summed E-state index contributed by atoms with van der Waals surface area (Å²) in [7, 11) is -0.508. The summed E-state index contributed by atoms with van der Waals surface area (Å²) >= 11 is 0. The van der Waals surface area contributed by atoms with Gasteiger partial charge in [0.1, 0.15) is 6.33 Å². The molecule has 0 aromatic carbocycles. The Bertz CT molecular complexity index is 598. The smallest absolute Gasteiger partial charge is 0.310 e. The number of sulfonamides is 1. The lowest BCUT2D eigenvalue weighted by atomic mass is 10.1. The van der Waals surface area contributed by atoms with Gasteiger partial charge in [-0.3, -0.25) is 9.48 Å². The second-order valence-corrected chi connectivity index (χ2v) is 7.11. The Morgan fingerprint density at radius 2 is 2.29 bits per heavy atom. The number of aromatic nitrogens is 3. The normalized spacial score (nSPS) is 22.4. The zero-order chi connectivity index (χ0) is 15.5. The predicted molar refractivity (Wildman–Crippen MR) is 74.8 cm³/mol. The summed E-state index contributed by atoms with van der Waals surface area (Å²) in [5, 5.41) is 3.37. The Morgan fingerprint density at radius 3 is 2.90 bits per heavy atom. The quantitative estimate of drug-likeness (QED) is 0.718. The van der Waals surface area contributed by atoms with Crippen molar-refractivity contribution >= 4 is 16.0 Å². The third-order valence-corrected chi connectivity index (χ3v) is 5.62. The third-order valence-electron chi connectivity index (χ3n) is 3.65. The van der Waals surface area contributed by atoms with E-state index in [1.807, 2.05) is 0 Å². The highest BCUT2D eigenvalue weighted by Crippen LogP contribution is 2.31. The molecule has 118 valence electrons. The van der Waals surface area contributed by atoms with Crippen molar-refractivity contribution in [3.05, 3.63) is 12.2 Å². The van der Waals surface area contributed by atoms with E-state index in [0.29, 0.717) is 31.5 Å². The lowest BCUT2D eigenvalue weighted by molar-refractivity contribution is -0.145. The van der Waals surface area contributed by atoms with Crippen LogP contribution in [-0.2, 0) is 33.0 Å². The van der Waals surface area contributed by atoms with Crippen LogP contribution in [0.25, 0.3) is 0 Å². The molecule has 0 aliphatic heterocycles. The van der Waals surface area contributed by atoms with Crippen LogP contribution in [0.3, 0.4) is 0 Å². The number of nitrogens with one attached hydrogen (secondary N) is 1. The number of carbonyl (C=O) groups excluding carboxylic acids is 1. The lowest BCUT2D eigenvalue weighted by Gasteiger charge is -2.18. The van der Waals surface area contributed by atoms with E-state index in [2.05, 4.69) is 19.5 Å². The van der Waals surface area contributed by atoms with Crippen molar-refractivity contribution in [1.82, 2.24) is 19.5 Å². The molecule has 1 aliphatic rings. The first-order valence-electron chi connectivity index (χ1n) is 6.85. The predicted octanol–water partition coefficient (Wildman–Crippen LogP) is -0.381. The topological polar surface area (TPSA) is 103 Å². The van der Waals surface area contributed by atoms with Crippen LogP contribution in [0.15, 0.2) is 6.33 Å². The van der Waals surface area contributed by atoms with Gasteiger partial charge in [-0.1, -0.05) is 6.42 Å². The highest BCUT2D eigenvalue weighted by atomic mass is 32.2. The molecule has 1 aliphatic carbocycles. The molecule has 1 N–H and O–H groups in total. The van der Waals surface area contributed by atoms with Gasteiger partial charge in [0, 0.05) is 20.0 Å². The molecule has 0 radical (unpaired) electrons. The van der Waals surface area contributed by atoms with Crippen LogP contribution in [0, 0.1) is 5.92 Å². The van der Waals surface area contributed by atoms with Gasteiger partial charge in [-0.05, 0) is 12.8 Å². The first kappa shape index (κ1) is 15.9. The van der Waals surface area contributed by atoms with E-state index in [1.54, 1.807) is 18.1 Å². The minimum atomic E-state index is -3.54. The molecule has 1 aromatic heterocycles. The number of ether oxygens (including phenoxy) is 1. The van der Waals surface area contributed by atoms with Crippen molar-refractivity contribution in [3.8, 4) is 0 Å². The molecule has 1 aromatic rings. The van der Waals surface area contributed by atoms with Crippen molar-refractivity contribution < 1.29 is 17.9 Å². The highest BCUT2D eigenvalue weighted by molar-refractivity contribution is 7.90. The molecule has 0 saturated heterocycles. The maximum absolute atomic E-state index is 12.3. The van der Waals surface area contributed by atoms with Gasteiger partial charge in [0.2, 0.25) is 10.0 Å². The van der Waals surface area contributed by atoms with Gasteiger partial charge < -0.3 is 4.74 Å². The number of carbonyl (C=O) groups is 1. The molecule has 8 nitrogen and oxygen atoms in total. The van der Waals surface area contributed by atoms with Crippen molar-refractivity contribution in [3.63, 3.8) is 0 Å². The summed E-state index contributed by atoms with van der Waals surface area (Å²) in [6.07, 6.45) is 3.73. The van der Waals surface area contributed by atoms with E-state index in [0.717, 1.165) is 0 Å². The highest BCUT2D eigenvalue weighted by Gasteiger charge is 2.41. The number of rotatable bonds is 6. The van der Waals surface area contributed by atoms with E-state index in [-0.39, 0.29) is 6.54 Å². The Morgan fingerprint density at radius 1 is 1.52 bits per heavy atom. The van der Waals surface area contributed by atoms with Crippen LogP contribution in [0.4, 0.5) is 0 Å². The average Bonchev–Trinajstić information content (AvgIpc) is 3.07. The number of nitrogens with zero attached hydrogens (tertiary/aromatic N) is 3. The van der Waals surface area contributed by atoms with Crippen LogP contribution >= 0.6 is 0 Å². The number of methoxy groups -OCH3 is 1. The Kier molecular flexibility index (Phi) is 4.94. The molecule has 2 unspecified atom stereocenters. The van der Waals surface area contributed by atoms with Gasteiger partial charge in [0.25, 0.3) is 0 Å². The van der Waals surface area contributed by atoms with Gasteiger partial charge in [0.15, 0.2) is 5.82 Å². The average molecular weight is 316 g/mol. The molecule has 1 heterocycles. The monoisotopic (exact) mass is 316 g/mol. The minimum absolute atomic E-state index is 0.219. The molecule has 2 rings (SSSR count). The fourth-order valence-electron chi connectivity index (χ4n) is 2.63. The third kappa shape index (κ3) is 3.79. The zero-order valence-electron chi connectivity index (χ0n) is 12.2. The fraction of sp³-hybridized carbons (Fsp3) is 0.750. The van der Waals surface area contributed by atoms with E-state index < -0.39 is 27.2 Å². The Labute approximate surface area is 123 Å². The SMILES string of the molecule is COC(=O)C1CCCC1S(=O)(=O)NCCc1ncn(C)n1. The van der Waals surface area contributed by atoms with E-state index in [1.165, 1.54) is 7.11 Å². The Hall–Kier alpha value is -1.48. The van der Waals surface area contributed by atoms with E-state index in [9.17, 15) is 13.2 Å². The summed E-state index contributed by atoms with van der Waals surface area (Å²) in [5.74, 6) is -0.439. The van der Waals surface area contributed by atoms with Crippen LogP contribution in [-0.4, -0.2) is 48.1 Å². The van der Waals surface area contributed by atoms with Gasteiger partial charge in [-0.15, -0.1) is 0 Å². The summed E-state index contributed by atoms with van der Waals surface area (Å²) in [5.41, 5.74) is 0. The van der Waals surface area contributed by atoms with Crippen molar-refractivity contribution in [2.45, 2.75) is 30.9 Å². The first-order chi connectivity index (χ1) is 9.94. The molecule has 21 heavy (non-hydrogen) atoms. The molecule has 9 heteroatoms. The largest absolute Gasteiger partial charge is 0.469 e. The standard InChI is InChI=1S/C12H20N4O4S/c1-16-8-13-11(15-16)6-7-14-21(18,19)10-5-3-4-9(10)12(17)20-2/h8-10,14H,3-7H2,1-2H3. The van der Waals surface area contributed by atoms with Crippen LogP contribution in [0.1, 0.15) is 25.1 Å². The molecular formula is C12H20N4O4S. The minimum Gasteiger partial charge on any atom is -0.469 e. The molecular weight excluding hydrogens is 296 g/mol. The second kappa shape index (κ2) is 6.52.